The first kappa shape index (κ1) is 11.1. The average molecular weight is 218 g/mol. The summed E-state index contributed by atoms with van der Waals surface area (Å²) in [6.45, 7) is 4.80. The maximum absolute atomic E-state index is 11.1. The smallest absolute Gasteiger partial charge is 0.221 e. The fourth-order valence-electron chi connectivity index (χ4n) is 2.30. The largest absolute Gasteiger partial charge is 0.326 e. The standard InChI is InChI=1S/C13H18N2O/c1-9-11-5-4-6-13(14-10(2)16)12(11)7-8-15(9)3/h4-6,9H,7-8H2,1-3H3,(H,14,16). The molecule has 1 aromatic rings. The first-order valence-electron chi connectivity index (χ1n) is 5.69. The van der Waals surface area contributed by atoms with Crippen LogP contribution in [-0.4, -0.2) is 24.4 Å². The van der Waals surface area contributed by atoms with E-state index in [1.165, 1.54) is 11.1 Å². The first-order chi connectivity index (χ1) is 7.59. The molecule has 0 bridgehead atoms. The van der Waals surface area contributed by atoms with Crippen molar-refractivity contribution in [1.29, 1.82) is 0 Å². The van der Waals surface area contributed by atoms with E-state index in [1.54, 1.807) is 6.92 Å². The molecule has 3 nitrogen and oxygen atoms in total. The number of nitrogens with zero attached hydrogens (tertiary/aromatic N) is 1. The fraction of sp³-hybridized carbons (Fsp3) is 0.462. The highest BCUT2D eigenvalue weighted by atomic mass is 16.1. The number of carbonyl (C=O) groups is 1. The number of anilines is 1. The molecule has 1 aliphatic rings. The van der Waals surface area contributed by atoms with Crippen LogP contribution in [0, 0.1) is 0 Å². The highest BCUT2D eigenvalue weighted by Gasteiger charge is 2.22. The second-order valence-corrected chi connectivity index (χ2v) is 4.46. The topological polar surface area (TPSA) is 32.3 Å². The molecule has 86 valence electrons. The Bertz CT molecular complexity index is 414. The molecule has 1 amide bonds. The van der Waals surface area contributed by atoms with E-state index in [-0.39, 0.29) is 5.91 Å². The SMILES string of the molecule is CC(=O)Nc1cccc2c1CCN(C)C2C. The number of fused-ring (bicyclic) bond motifs is 1. The van der Waals surface area contributed by atoms with Gasteiger partial charge in [-0.15, -0.1) is 0 Å². The Morgan fingerprint density at radius 1 is 1.50 bits per heavy atom. The van der Waals surface area contributed by atoms with Crippen LogP contribution in [0.25, 0.3) is 0 Å². The highest BCUT2D eigenvalue weighted by molar-refractivity contribution is 5.89. The molecule has 0 spiro atoms. The van der Waals surface area contributed by atoms with Gasteiger partial charge >= 0.3 is 0 Å². The summed E-state index contributed by atoms with van der Waals surface area (Å²) in [5, 5.41) is 2.91. The Morgan fingerprint density at radius 3 is 2.94 bits per heavy atom. The molecule has 0 radical (unpaired) electrons. The number of nitrogens with one attached hydrogen (secondary N) is 1. The minimum absolute atomic E-state index is 0.0000175. The molecule has 0 aliphatic carbocycles. The molecule has 1 aromatic carbocycles. The summed E-state index contributed by atoms with van der Waals surface area (Å²) in [7, 11) is 2.14. The van der Waals surface area contributed by atoms with Crippen molar-refractivity contribution in [2.24, 2.45) is 0 Å². The molecule has 1 N–H and O–H groups in total. The van der Waals surface area contributed by atoms with Gasteiger partial charge in [0, 0.05) is 25.2 Å². The summed E-state index contributed by atoms with van der Waals surface area (Å²) in [5.41, 5.74) is 3.60. The number of likely N-dealkylation sites (N-methyl/N-ethyl adjacent to an activating group) is 1. The van der Waals surface area contributed by atoms with Crippen molar-refractivity contribution in [2.75, 3.05) is 18.9 Å². The van der Waals surface area contributed by atoms with Crippen LogP contribution in [0.15, 0.2) is 18.2 Å². The van der Waals surface area contributed by atoms with E-state index in [9.17, 15) is 4.79 Å². The van der Waals surface area contributed by atoms with Gasteiger partial charge in [-0.2, -0.15) is 0 Å². The monoisotopic (exact) mass is 218 g/mol. The third-order valence-electron chi connectivity index (χ3n) is 3.35. The molecule has 1 atom stereocenters. The predicted octanol–water partition coefficient (Wildman–Crippen LogP) is 2.19. The number of hydrogen-bond donors (Lipinski definition) is 1. The second kappa shape index (κ2) is 4.26. The zero-order valence-electron chi connectivity index (χ0n) is 10.1. The van der Waals surface area contributed by atoms with Crippen LogP contribution in [-0.2, 0) is 11.2 Å². The summed E-state index contributed by atoms with van der Waals surface area (Å²) < 4.78 is 0. The summed E-state index contributed by atoms with van der Waals surface area (Å²) in [6, 6.07) is 6.58. The summed E-state index contributed by atoms with van der Waals surface area (Å²) in [5.74, 6) is -0.0000175. The Hall–Kier alpha value is -1.35. The lowest BCUT2D eigenvalue weighted by molar-refractivity contribution is -0.114. The molecule has 0 saturated carbocycles. The van der Waals surface area contributed by atoms with Gasteiger partial charge in [-0.05, 0) is 37.6 Å². The van der Waals surface area contributed by atoms with Gasteiger partial charge in [-0.1, -0.05) is 12.1 Å². The fourth-order valence-corrected chi connectivity index (χ4v) is 2.30. The van der Waals surface area contributed by atoms with Gasteiger partial charge in [0.1, 0.15) is 0 Å². The Balaban J connectivity index is 2.40. The van der Waals surface area contributed by atoms with E-state index < -0.39 is 0 Å². The third kappa shape index (κ3) is 1.95. The van der Waals surface area contributed by atoms with Crippen LogP contribution in [0.4, 0.5) is 5.69 Å². The van der Waals surface area contributed by atoms with Crippen molar-refractivity contribution >= 4 is 11.6 Å². The molecular formula is C13H18N2O. The third-order valence-corrected chi connectivity index (χ3v) is 3.35. The van der Waals surface area contributed by atoms with E-state index in [0.29, 0.717) is 6.04 Å². The minimum atomic E-state index is -0.0000175. The lowest BCUT2D eigenvalue weighted by atomic mass is 9.92. The van der Waals surface area contributed by atoms with Gasteiger partial charge in [0.05, 0.1) is 0 Å². The van der Waals surface area contributed by atoms with Crippen molar-refractivity contribution < 1.29 is 4.79 Å². The van der Waals surface area contributed by atoms with Crippen LogP contribution < -0.4 is 5.32 Å². The molecule has 0 aromatic heterocycles. The number of hydrogen-bond acceptors (Lipinski definition) is 2. The summed E-state index contributed by atoms with van der Waals surface area (Å²) in [4.78, 5) is 13.5. The van der Waals surface area contributed by atoms with E-state index in [4.69, 9.17) is 0 Å². The van der Waals surface area contributed by atoms with Gasteiger partial charge in [-0.25, -0.2) is 0 Å². The average Bonchev–Trinajstić information content (AvgIpc) is 2.23. The molecule has 3 heteroatoms. The number of benzene rings is 1. The molecule has 16 heavy (non-hydrogen) atoms. The van der Waals surface area contributed by atoms with E-state index in [1.807, 2.05) is 12.1 Å². The predicted molar refractivity (Wildman–Crippen MR) is 65.5 cm³/mol. The molecule has 0 fully saturated rings. The van der Waals surface area contributed by atoms with Gasteiger partial charge in [0.25, 0.3) is 0 Å². The maximum atomic E-state index is 11.1. The van der Waals surface area contributed by atoms with E-state index in [2.05, 4.69) is 30.3 Å². The molecule has 1 heterocycles. The van der Waals surface area contributed by atoms with Crippen molar-refractivity contribution in [3.05, 3.63) is 29.3 Å². The molecule has 1 aliphatic heterocycles. The van der Waals surface area contributed by atoms with Gasteiger partial charge in [0.2, 0.25) is 5.91 Å². The molecular weight excluding hydrogens is 200 g/mol. The van der Waals surface area contributed by atoms with Crippen LogP contribution in [0.2, 0.25) is 0 Å². The van der Waals surface area contributed by atoms with E-state index in [0.717, 1.165) is 18.7 Å². The maximum Gasteiger partial charge on any atom is 0.221 e. The van der Waals surface area contributed by atoms with Crippen molar-refractivity contribution in [3.63, 3.8) is 0 Å². The quantitative estimate of drug-likeness (QED) is 0.783. The molecule has 0 saturated heterocycles. The van der Waals surface area contributed by atoms with Crippen LogP contribution in [0.5, 0.6) is 0 Å². The number of rotatable bonds is 1. The van der Waals surface area contributed by atoms with Crippen LogP contribution in [0.1, 0.15) is 31.0 Å². The second-order valence-electron chi connectivity index (χ2n) is 4.46. The Labute approximate surface area is 96.5 Å². The van der Waals surface area contributed by atoms with E-state index >= 15 is 0 Å². The normalized spacial score (nSPS) is 20.3. The van der Waals surface area contributed by atoms with Gasteiger partial charge in [-0.3, -0.25) is 9.69 Å². The highest BCUT2D eigenvalue weighted by Crippen LogP contribution is 2.32. The zero-order valence-corrected chi connectivity index (χ0v) is 10.1. The van der Waals surface area contributed by atoms with Crippen molar-refractivity contribution in [2.45, 2.75) is 26.3 Å². The Kier molecular flexibility index (Phi) is 2.97. The minimum Gasteiger partial charge on any atom is -0.326 e. The lowest BCUT2D eigenvalue weighted by Gasteiger charge is -2.33. The van der Waals surface area contributed by atoms with Crippen molar-refractivity contribution in [1.82, 2.24) is 4.90 Å². The number of amides is 1. The van der Waals surface area contributed by atoms with Gasteiger partial charge < -0.3 is 5.32 Å². The van der Waals surface area contributed by atoms with Crippen LogP contribution >= 0.6 is 0 Å². The Morgan fingerprint density at radius 2 is 2.25 bits per heavy atom. The molecule has 2 rings (SSSR count). The lowest BCUT2D eigenvalue weighted by Crippen LogP contribution is -2.31. The zero-order chi connectivity index (χ0) is 11.7. The summed E-state index contributed by atoms with van der Waals surface area (Å²) in [6.07, 6.45) is 1.01. The molecule has 1 unspecified atom stereocenters. The van der Waals surface area contributed by atoms with Crippen molar-refractivity contribution in [3.8, 4) is 0 Å². The van der Waals surface area contributed by atoms with Crippen LogP contribution in [0.3, 0.4) is 0 Å². The summed E-state index contributed by atoms with van der Waals surface area (Å²) >= 11 is 0. The van der Waals surface area contributed by atoms with Gasteiger partial charge in [0.15, 0.2) is 0 Å². The first-order valence-corrected chi connectivity index (χ1v) is 5.69. The number of carbonyl (C=O) groups excluding carboxylic acids is 1.